The second kappa shape index (κ2) is 6.93. The summed E-state index contributed by atoms with van der Waals surface area (Å²) in [6.07, 6.45) is 8.13. The molecule has 4 heteroatoms. The molecule has 0 amide bonds. The normalized spacial score (nSPS) is 12.7. The zero-order chi connectivity index (χ0) is 11.1. The first kappa shape index (κ1) is 12.6. The molecule has 3 nitrogen and oxygen atoms in total. The molecular weight excluding hydrogens is 254 g/mol. The number of aromatic nitrogens is 1. The van der Waals surface area contributed by atoms with Gasteiger partial charge in [-0.2, -0.15) is 0 Å². The SMILES string of the molecule is CCCCC(Cc1cncc(Br)c1)NN. The van der Waals surface area contributed by atoms with E-state index in [1.807, 2.05) is 6.20 Å². The van der Waals surface area contributed by atoms with Gasteiger partial charge in [-0.25, -0.2) is 0 Å². The van der Waals surface area contributed by atoms with E-state index in [2.05, 4.69) is 39.3 Å². The zero-order valence-corrected chi connectivity index (χ0v) is 10.6. The fourth-order valence-electron chi connectivity index (χ4n) is 1.55. The lowest BCUT2D eigenvalue weighted by Gasteiger charge is -2.15. The number of unbranched alkanes of at least 4 members (excludes halogenated alkanes) is 1. The summed E-state index contributed by atoms with van der Waals surface area (Å²) in [6.45, 7) is 2.19. The molecule has 0 spiro atoms. The van der Waals surface area contributed by atoms with E-state index in [0.717, 1.165) is 17.3 Å². The Morgan fingerprint density at radius 1 is 1.53 bits per heavy atom. The van der Waals surface area contributed by atoms with E-state index in [0.29, 0.717) is 6.04 Å². The van der Waals surface area contributed by atoms with Gasteiger partial charge in [-0.05, 0) is 40.4 Å². The largest absolute Gasteiger partial charge is 0.271 e. The molecule has 0 aliphatic heterocycles. The average Bonchev–Trinajstić information content (AvgIpc) is 2.24. The standard InChI is InChI=1S/C11H18BrN3/c1-2-3-4-11(15-13)6-9-5-10(12)8-14-7-9/h5,7-8,11,15H,2-4,6,13H2,1H3. The maximum absolute atomic E-state index is 5.52. The molecule has 0 fully saturated rings. The summed E-state index contributed by atoms with van der Waals surface area (Å²) in [4.78, 5) is 4.14. The number of halogens is 1. The summed E-state index contributed by atoms with van der Waals surface area (Å²) in [6, 6.07) is 2.43. The van der Waals surface area contributed by atoms with Gasteiger partial charge in [0.2, 0.25) is 0 Å². The number of hydrazine groups is 1. The fraction of sp³-hybridized carbons (Fsp3) is 0.545. The van der Waals surface area contributed by atoms with Gasteiger partial charge in [-0.15, -0.1) is 0 Å². The molecule has 15 heavy (non-hydrogen) atoms. The third kappa shape index (κ3) is 4.73. The lowest BCUT2D eigenvalue weighted by Crippen LogP contribution is -2.36. The first-order valence-electron chi connectivity index (χ1n) is 5.31. The number of nitrogens with zero attached hydrogens (tertiary/aromatic N) is 1. The third-order valence-corrected chi connectivity index (χ3v) is 2.82. The van der Waals surface area contributed by atoms with Gasteiger partial charge in [0, 0.05) is 22.9 Å². The van der Waals surface area contributed by atoms with E-state index < -0.39 is 0 Å². The Morgan fingerprint density at radius 2 is 2.33 bits per heavy atom. The molecule has 1 rings (SSSR count). The molecule has 1 aromatic rings. The maximum atomic E-state index is 5.52. The maximum Gasteiger partial charge on any atom is 0.0410 e. The molecule has 0 aliphatic carbocycles. The van der Waals surface area contributed by atoms with Gasteiger partial charge in [-0.1, -0.05) is 19.8 Å². The van der Waals surface area contributed by atoms with Gasteiger partial charge in [0.1, 0.15) is 0 Å². The van der Waals surface area contributed by atoms with Crippen LogP contribution in [0.15, 0.2) is 22.9 Å². The van der Waals surface area contributed by atoms with Crippen molar-refractivity contribution in [3.8, 4) is 0 Å². The van der Waals surface area contributed by atoms with Crippen LogP contribution < -0.4 is 11.3 Å². The molecule has 0 radical (unpaired) electrons. The van der Waals surface area contributed by atoms with Crippen molar-refractivity contribution in [3.63, 3.8) is 0 Å². The Hall–Kier alpha value is -0.450. The van der Waals surface area contributed by atoms with Crippen LogP contribution in [0.25, 0.3) is 0 Å². The number of hydrogen-bond donors (Lipinski definition) is 2. The van der Waals surface area contributed by atoms with Gasteiger partial charge < -0.3 is 0 Å². The van der Waals surface area contributed by atoms with Crippen LogP contribution in [-0.4, -0.2) is 11.0 Å². The number of rotatable bonds is 6. The van der Waals surface area contributed by atoms with E-state index in [-0.39, 0.29) is 0 Å². The minimum atomic E-state index is 0.348. The van der Waals surface area contributed by atoms with Gasteiger partial charge in [-0.3, -0.25) is 16.3 Å². The fourth-order valence-corrected chi connectivity index (χ4v) is 1.96. The monoisotopic (exact) mass is 271 g/mol. The van der Waals surface area contributed by atoms with Gasteiger partial charge in [0.15, 0.2) is 0 Å². The summed E-state index contributed by atoms with van der Waals surface area (Å²) >= 11 is 3.41. The van der Waals surface area contributed by atoms with E-state index >= 15 is 0 Å². The van der Waals surface area contributed by atoms with Crippen molar-refractivity contribution in [1.82, 2.24) is 10.4 Å². The number of hydrogen-bond acceptors (Lipinski definition) is 3. The number of nitrogens with one attached hydrogen (secondary N) is 1. The van der Waals surface area contributed by atoms with Crippen molar-refractivity contribution < 1.29 is 0 Å². The zero-order valence-electron chi connectivity index (χ0n) is 9.04. The van der Waals surface area contributed by atoms with Crippen molar-refractivity contribution in [2.75, 3.05) is 0 Å². The molecule has 0 bridgehead atoms. The lowest BCUT2D eigenvalue weighted by atomic mass is 10.0. The van der Waals surface area contributed by atoms with E-state index in [9.17, 15) is 0 Å². The van der Waals surface area contributed by atoms with Crippen LogP contribution in [0, 0.1) is 0 Å². The molecule has 3 N–H and O–H groups in total. The minimum Gasteiger partial charge on any atom is -0.271 e. The van der Waals surface area contributed by atoms with Crippen molar-refractivity contribution in [3.05, 3.63) is 28.5 Å². The van der Waals surface area contributed by atoms with E-state index in [4.69, 9.17) is 5.84 Å². The highest BCUT2D eigenvalue weighted by Crippen LogP contribution is 2.12. The van der Waals surface area contributed by atoms with Gasteiger partial charge in [0.05, 0.1) is 0 Å². The number of pyridine rings is 1. The first-order chi connectivity index (χ1) is 7.26. The average molecular weight is 272 g/mol. The smallest absolute Gasteiger partial charge is 0.0410 e. The highest BCUT2D eigenvalue weighted by molar-refractivity contribution is 9.10. The summed E-state index contributed by atoms with van der Waals surface area (Å²) in [7, 11) is 0. The van der Waals surface area contributed by atoms with Crippen LogP contribution in [-0.2, 0) is 6.42 Å². The van der Waals surface area contributed by atoms with E-state index in [1.54, 1.807) is 6.20 Å². The van der Waals surface area contributed by atoms with Crippen LogP contribution in [0.5, 0.6) is 0 Å². The lowest BCUT2D eigenvalue weighted by molar-refractivity contribution is 0.473. The Labute approximate surface area is 99.6 Å². The molecule has 0 aromatic carbocycles. The van der Waals surface area contributed by atoms with Gasteiger partial charge in [0.25, 0.3) is 0 Å². The second-order valence-corrected chi connectivity index (χ2v) is 4.64. The molecule has 1 unspecified atom stereocenters. The quantitative estimate of drug-likeness (QED) is 0.617. The topological polar surface area (TPSA) is 50.9 Å². The molecule has 1 atom stereocenters. The van der Waals surface area contributed by atoms with Crippen LogP contribution >= 0.6 is 15.9 Å². The van der Waals surface area contributed by atoms with Gasteiger partial charge >= 0.3 is 0 Å². The first-order valence-corrected chi connectivity index (χ1v) is 6.11. The molecule has 0 saturated carbocycles. The van der Waals surface area contributed by atoms with Crippen LogP contribution in [0.1, 0.15) is 31.7 Å². The molecule has 1 aromatic heterocycles. The molecular formula is C11H18BrN3. The third-order valence-electron chi connectivity index (χ3n) is 2.39. The van der Waals surface area contributed by atoms with E-state index in [1.165, 1.54) is 18.4 Å². The summed E-state index contributed by atoms with van der Waals surface area (Å²) < 4.78 is 1.02. The Morgan fingerprint density at radius 3 is 2.93 bits per heavy atom. The summed E-state index contributed by atoms with van der Waals surface area (Å²) in [5.74, 6) is 5.52. The Balaban J connectivity index is 2.50. The second-order valence-electron chi connectivity index (χ2n) is 3.72. The van der Waals surface area contributed by atoms with Crippen LogP contribution in [0.4, 0.5) is 0 Å². The van der Waals surface area contributed by atoms with Crippen molar-refractivity contribution in [2.45, 2.75) is 38.6 Å². The van der Waals surface area contributed by atoms with Crippen molar-refractivity contribution >= 4 is 15.9 Å². The predicted octanol–water partition coefficient (Wildman–Crippen LogP) is 2.41. The van der Waals surface area contributed by atoms with Crippen LogP contribution in [0.3, 0.4) is 0 Å². The predicted molar refractivity (Wildman–Crippen MR) is 66.3 cm³/mol. The van der Waals surface area contributed by atoms with Crippen molar-refractivity contribution in [1.29, 1.82) is 0 Å². The van der Waals surface area contributed by atoms with Crippen molar-refractivity contribution in [2.24, 2.45) is 5.84 Å². The highest BCUT2D eigenvalue weighted by Gasteiger charge is 2.07. The summed E-state index contributed by atoms with van der Waals surface area (Å²) in [5, 5.41) is 0. The Bertz CT molecular complexity index is 291. The molecule has 0 saturated heterocycles. The molecule has 84 valence electrons. The Kier molecular flexibility index (Phi) is 5.83. The number of nitrogens with two attached hydrogens (primary N) is 1. The summed E-state index contributed by atoms with van der Waals surface area (Å²) in [5.41, 5.74) is 4.07. The molecule has 1 heterocycles. The molecule has 0 aliphatic rings. The highest BCUT2D eigenvalue weighted by atomic mass is 79.9. The van der Waals surface area contributed by atoms with Crippen LogP contribution in [0.2, 0.25) is 0 Å². The minimum absolute atomic E-state index is 0.348.